The predicted octanol–water partition coefficient (Wildman–Crippen LogP) is -7.48. The number of carbonyl (C=O) groups excluding carboxylic acids is 4. The number of carbonyl (C=O) groups is 4. The van der Waals surface area contributed by atoms with Crippen LogP contribution in [0.25, 0.3) is 0 Å². The standard InChI is InChI=1S/C48H78N4O25S.Na/c1-5-6-7-8-9-10-11-12-13-17-69-27-16-14-15-26(18-27)44(64)52-33-37(60)36(59)28(19-53)72-46(33)75-41-29(20-54)73-47(34(39(41)62)50-24(3)57)76-42-30(21-55)74-48(35(40(42)63)51-25(4)58)77-43-31(22-70-78(66,67)68)71-45(65)32(38(43)61)49-23(2)56;/h14-16,18,28-43,45-48,53-55,59-63,65H,5-13,17,19-22H2,1-4H3,(H,49,56)(H,50,57)(H,51,58)(H,52,64)(H,66,67,68);/q;+1/p-1/t28?,29-,30?,31-,32?,33-,34?,35-,36+,37+,38?,39?,40?,41+,42+,43+,45?,46?,47?,48-;/m0./s1. The molecular weight excluding hydrogens is 1090 g/mol. The number of nitrogens with one attached hydrogen (secondary N) is 4. The Labute approximate surface area is 479 Å². The zero-order valence-corrected chi connectivity index (χ0v) is 47.5. The van der Waals surface area contributed by atoms with Crippen LogP contribution in [-0.2, 0) is 62.1 Å². The summed E-state index contributed by atoms with van der Waals surface area (Å²) >= 11 is 0. The molecule has 4 aliphatic heterocycles. The first-order valence-corrected chi connectivity index (χ1v) is 27.3. The maximum atomic E-state index is 13.8. The Morgan fingerprint density at radius 2 is 1.00 bits per heavy atom. The van der Waals surface area contributed by atoms with Crippen molar-refractivity contribution in [2.75, 3.05) is 33.0 Å². The summed E-state index contributed by atoms with van der Waals surface area (Å²) in [5, 5.41) is 109. The van der Waals surface area contributed by atoms with E-state index >= 15 is 0 Å². The van der Waals surface area contributed by atoms with Crippen molar-refractivity contribution in [1.82, 2.24) is 21.3 Å². The van der Waals surface area contributed by atoms with Crippen LogP contribution >= 0.6 is 0 Å². The minimum atomic E-state index is -5.41. The fourth-order valence-electron chi connectivity index (χ4n) is 9.64. The molecule has 10 unspecified atom stereocenters. The SMILES string of the molecule is CCCCCCCCCCCOc1cccc(C(=O)N[C@@H]2C(O[C@H]3C(O)C(NC(C)=O)C(O[C@@H]4C(CO)O[C@@H](O[C@H]5C(O)C(NC(C)=O)C(O)O[C@H]5COS(=O)(=O)[O-])[C@@H](NC(C)=O)C4O)O[C@H]3CO)OC(CO)[C@@H](O)[C@@H]2O)c1.[Na+]. The summed E-state index contributed by atoms with van der Waals surface area (Å²) in [7, 11) is -5.41. The molecule has 0 radical (unpaired) electrons. The third kappa shape index (κ3) is 19.6. The van der Waals surface area contributed by atoms with Crippen molar-refractivity contribution in [3.8, 4) is 5.75 Å². The molecule has 0 bridgehead atoms. The Kier molecular flexibility index (Phi) is 28.5. The number of hydrogen-bond donors (Lipinski definition) is 13. The van der Waals surface area contributed by atoms with Crippen molar-refractivity contribution in [3.05, 3.63) is 29.8 Å². The Hall–Kier alpha value is -2.87. The van der Waals surface area contributed by atoms with Crippen molar-refractivity contribution in [3.63, 3.8) is 0 Å². The Morgan fingerprint density at radius 1 is 0.570 bits per heavy atom. The van der Waals surface area contributed by atoms with Gasteiger partial charge in [0.05, 0.1) is 33.0 Å². The van der Waals surface area contributed by atoms with Crippen LogP contribution in [0.1, 0.15) is 95.8 Å². The average Bonchev–Trinajstić information content (AvgIpc) is 3.47. The number of aliphatic hydroxyl groups is 9. The van der Waals surface area contributed by atoms with E-state index in [1.54, 1.807) is 12.1 Å². The van der Waals surface area contributed by atoms with Gasteiger partial charge in [0.2, 0.25) is 28.1 Å². The van der Waals surface area contributed by atoms with Crippen LogP contribution in [0.15, 0.2) is 24.3 Å². The van der Waals surface area contributed by atoms with E-state index < -0.39 is 183 Å². The summed E-state index contributed by atoms with van der Waals surface area (Å²) in [6.45, 7) is 1.58. The molecule has 20 atom stereocenters. The van der Waals surface area contributed by atoms with E-state index in [1.807, 2.05) is 0 Å². The predicted molar refractivity (Wildman–Crippen MR) is 262 cm³/mol. The van der Waals surface area contributed by atoms with Crippen molar-refractivity contribution in [1.29, 1.82) is 0 Å². The molecule has 0 aliphatic carbocycles. The summed E-state index contributed by atoms with van der Waals surface area (Å²) in [6.07, 6.45) is -19.6. The van der Waals surface area contributed by atoms with Gasteiger partial charge in [-0.2, -0.15) is 0 Å². The number of ether oxygens (including phenoxy) is 8. The molecule has 4 amide bonds. The maximum absolute atomic E-state index is 13.8. The Balaban J connectivity index is 0.0000134. The van der Waals surface area contributed by atoms with Crippen LogP contribution in [0, 0.1) is 0 Å². The van der Waals surface area contributed by atoms with Crippen molar-refractivity contribution >= 4 is 34.0 Å². The van der Waals surface area contributed by atoms with Crippen LogP contribution in [-0.4, -0.2) is 238 Å². The summed E-state index contributed by atoms with van der Waals surface area (Å²) < 4.78 is 85.7. The fraction of sp³-hybridized carbons (Fsp3) is 0.792. The van der Waals surface area contributed by atoms with E-state index in [-0.39, 0.29) is 35.1 Å². The molecule has 0 saturated carbocycles. The Morgan fingerprint density at radius 3 is 1.47 bits per heavy atom. The van der Waals surface area contributed by atoms with Crippen molar-refractivity contribution < 1.29 is 150 Å². The van der Waals surface area contributed by atoms with Gasteiger partial charge in [-0.25, -0.2) is 8.42 Å². The largest absolute Gasteiger partial charge is 1.00 e. The van der Waals surface area contributed by atoms with Gasteiger partial charge in [-0.3, -0.25) is 23.4 Å². The molecule has 29 nitrogen and oxygen atoms in total. The van der Waals surface area contributed by atoms with E-state index in [9.17, 15) is 78.1 Å². The molecule has 0 aromatic heterocycles. The smallest absolute Gasteiger partial charge is 0.726 e. The summed E-state index contributed by atoms with van der Waals surface area (Å²) in [6, 6.07) is -0.636. The number of amides is 4. The van der Waals surface area contributed by atoms with E-state index in [1.165, 1.54) is 44.2 Å². The molecule has 31 heteroatoms. The van der Waals surface area contributed by atoms with Crippen molar-refractivity contribution in [2.45, 2.75) is 208 Å². The van der Waals surface area contributed by atoms with E-state index in [0.29, 0.717) is 12.4 Å². The molecule has 5 rings (SSSR count). The zero-order chi connectivity index (χ0) is 57.4. The molecule has 0 spiro atoms. The molecule has 1 aromatic rings. The molecular formula is C48H77N4NaO25S. The quantitative estimate of drug-likeness (QED) is 0.0160. The van der Waals surface area contributed by atoms with Gasteiger partial charge >= 0.3 is 29.6 Å². The number of aliphatic hydroxyl groups excluding tert-OH is 9. The summed E-state index contributed by atoms with van der Waals surface area (Å²) in [4.78, 5) is 51.1. The number of hydrogen-bond acceptors (Lipinski definition) is 25. The number of unbranched alkanes of at least 4 members (excludes halogenated alkanes) is 8. The van der Waals surface area contributed by atoms with Gasteiger partial charge in [0, 0.05) is 26.3 Å². The third-order valence-electron chi connectivity index (χ3n) is 13.6. The van der Waals surface area contributed by atoms with E-state index in [0.717, 1.165) is 46.5 Å². The van der Waals surface area contributed by atoms with Gasteiger partial charge in [-0.05, 0) is 24.6 Å². The Bertz CT molecular complexity index is 2180. The minimum Gasteiger partial charge on any atom is -0.726 e. The minimum absolute atomic E-state index is 0. The van der Waals surface area contributed by atoms with Crippen molar-refractivity contribution in [2.24, 2.45) is 0 Å². The molecule has 4 aliphatic rings. The molecule has 4 fully saturated rings. The molecule has 13 N–H and O–H groups in total. The normalized spacial score (nSPS) is 34.9. The summed E-state index contributed by atoms with van der Waals surface area (Å²) in [5.74, 6) is -2.84. The second-order valence-electron chi connectivity index (χ2n) is 19.6. The van der Waals surface area contributed by atoms with Gasteiger partial charge in [0.1, 0.15) is 103 Å². The van der Waals surface area contributed by atoms with Crippen LogP contribution in [0.3, 0.4) is 0 Å². The van der Waals surface area contributed by atoms with Crippen LogP contribution < -0.4 is 55.6 Å². The fourth-order valence-corrected chi connectivity index (χ4v) is 9.94. The number of rotatable bonds is 28. The summed E-state index contributed by atoms with van der Waals surface area (Å²) in [5.41, 5.74) is 0.0706. The average molecular weight is 1170 g/mol. The third-order valence-corrected chi connectivity index (χ3v) is 14.0. The van der Waals surface area contributed by atoms with E-state index in [2.05, 4.69) is 32.4 Å². The monoisotopic (exact) mass is 1160 g/mol. The van der Waals surface area contributed by atoms with Gasteiger partial charge in [-0.15, -0.1) is 0 Å². The van der Waals surface area contributed by atoms with Crippen LogP contribution in [0.5, 0.6) is 5.75 Å². The topological polar surface area (TPSA) is 439 Å². The van der Waals surface area contributed by atoms with Gasteiger partial charge < -0.3 is 110 Å². The van der Waals surface area contributed by atoms with Crippen LogP contribution in [0.2, 0.25) is 0 Å². The zero-order valence-electron chi connectivity index (χ0n) is 44.7. The van der Waals surface area contributed by atoms with Gasteiger partial charge in [-0.1, -0.05) is 64.4 Å². The molecule has 4 heterocycles. The second kappa shape index (κ2) is 32.8. The number of benzene rings is 1. The van der Waals surface area contributed by atoms with Crippen LogP contribution in [0.4, 0.5) is 0 Å². The molecule has 1 aromatic carbocycles. The van der Waals surface area contributed by atoms with E-state index in [4.69, 9.17) is 37.9 Å². The molecule has 79 heavy (non-hydrogen) atoms. The van der Waals surface area contributed by atoms with Gasteiger partial charge in [0.15, 0.2) is 25.2 Å². The maximum Gasteiger partial charge on any atom is 1.00 e. The first-order valence-electron chi connectivity index (χ1n) is 26.0. The first kappa shape index (κ1) is 68.6. The molecule has 446 valence electrons. The second-order valence-corrected chi connectivity index (χ2v) is 20.6. The first-order chi connectivity index (χ1) is 37.0. The molecule has 4 saturated heterocycles. The van der Waals surface area contributed by atoms with Gasteiger partial charge in [0.25, 0.3) is 5.91 Å².